The Morgan fingerprint density at radius 3 is 2.31 bits per heavy atom. The van der Waals surface area contributed by atoms with Gasteiger partial charge in [0.1, 0.15) is 23.9 Å². The van der Waals surface area contributed by atoms with Crippen LogP contribution in [0, 0.1) is 34.5 Å². The minimum Gasteiger partial charge on any atom is -0.455 e. The number of aliphatic hydroxyl groups excluding tert-OH is 2. The van der Waals surface area contributed by atoms with Crippen LogP contribution >= 0.6 is 0 Å². The Morgan fingerprint density at radius 2 is 1.71 bits per heavy atom. The molecule has 0 amide bonds. The number of benzene rings is 1. The van der Waals surface area contributed by atoms with E-state index in [1.165, 1.54) is 14.0 Å². The summed E-state index contributed by atoms with van der Waals surface area (Å²) >= 11 is 0. The lowest BCUT2D eigenvalue weighted by atomic mass is 9.42. The first-order valence-corrected chi connectivity index (χ1v) is 15.8. The predicted molar refractivity (Wildman–Crippen MR) is 156 cm³/mol. The summed E-state index contributed by atoms with van der Waals surface area (Å²) in [5.41, 5.74) is -4.79. The van der Waals surface area contributed by atoms with Crippen molar-refractivity contribution in [2.24, 2.45) is 34.5 Å². The average molecular weight is 632 g/mol. The maximum Gasteiger partial charge on any atom is 0.338 e. The molecule has 1 heterocycles. The van der Waals surface area contributed by atoms with Gasteiger partial charge in [0.2, 0.25) is 0 Å². The number of aliphatic hydroxyl groups is 3. The largest absolute Gasteiger partial charge is 0.455 e. The summed E-state index contributed by atoms with van der Waals surface area (Å²) in [4.78, 5) is 29.1. The zero-order chi connectivity index (χ0) is 32.3. The monoisotopic (exact) mass is 631 g/mol. The van der Waals surface area contributed by atoms with E-state index >= 15 is 0 Å². The molecule has 1 spiro atoms. The van der Waals surface area contributed by atoms with Crippen molar-refractivity contribution >= 4 is 11.9 Å². The van der Waals surface area contributed by atoms with Gasteiger partial charge in [-0.2, -0.15) is 0 Å². The molecule has 2 unspecified atom stereocenters. The van der Waals surface area contributed by atoms with Crippen molar-refractivity contribution in [1.82, 2.24) is 4.90 Å². The third-order valence-corrected chi connectivity index (χ3v) is 12.9. The second kappa shape index (κ2) is 10.4. The van der Waals surface area contributed by atoms with Crippen LogP contribution in [-0.4, -0.2) is 135 Å². The van der Waals surface area contributed by atoms with Crippen molar-refractivity contribution < 1.29 is 53.3 Å². The average Bonchev–Trinajstić information content (AvgIpc) is 3.40. The number of carbonyl (C=O) groups excluding carboxylic acids is 2. The molecule has 5 aliphatic carbocycles. The molecular formula is C33H45NO11. The maximum absolute atomic E-state index is 13.7. The van der Waals surface area contributed by atoms with Crippen LogP contribution in [-0.2, 0) is 33.2 Å². The van der Waals surface area contributed by atoms with E-state index in [0.717, 1.165) is 0 Å². The number of likely N-dealkylation sites (tertiary alicyclic amines) is 1. The molecule has 6 aliphatic rings. The summed E-state index contributed by atoms with van der Waals surface area (Å²) in [6.45, 7) is 2.00. The first kappa shape index (κ1) is 31.4. The van der Waals surface area contributed by atoms with E-state index in [0.29, 0.717) is 18.5 Å². The van der Waals surface area contributed by atoms with Crippen LogP contribution in [0.4, 0.5) is 0 Å². The highest BCUT2D eigenvalue weighted by atomic mass is 16.6. The topological polar surface area (TPSA) is 153 Å². The molecule has 1 aliphatic heterocycles. The molecule has 6 fully saturated rings. The molecule has 12 nitrogen and oxygen atoms in total. The van der Waals surface area contributed by atoms with Crippen molar-refractivity contribution in [1.29, 1.82) is 0 Å². The van der Waals surface area contributed by atoms with E-state index in [1.54, 1.807) is 51.7 Å². The van der Waals surface area contributed by atoms with Crippen molar-refractivity contribution in [2.75, 3.05) is 48.6 Å². The van der Waals surface area contributed by atoms with Gasteiger partial charge in [0.05, 0.1) is 30.5 Å². The molecule has 45 heavy (non-hydrogen) atoms. The summed E-state index contributed by atoms with van der Waals surface area (Å²) in [7, 11) is 8.20. The molecule has 7 bridgehead atoms. The van der Waals surface area contributed by atoms with Crippen LogP contribution in [0.2, 0.25) is 0 Å². The van der Waals surface area contributed by atoms with E-state index in [4.69, 9.17) is 28.4 Å². The van der Waals surface area contributed by atoms with Gasteiger partial charge >= 0.3 is 11.9 Å². The maximum atomic E-state index is 13.7. The Balaban J connectivity index is 1.52. The first-order valence-electron chi connectivity index (χ1n) is 15.8. The zero-order valence-corrected chi connectivity index (χ0v) is 26.6. The smallest absolute Gasteiger partial charge is 0.338 e. The van der Waals surface area contributed by atoms with Crippen LogP contribution in [0.5, 0.6) is 0 Å². The Kier molecular flexibility index (Phi) is 7.28. The van der Waals surface area contributed by atoms with Gasteiger partial charge in [-0.15, -0.1) is 0 Å². The third-order valence-electron chi connectivity index (χ3n) is 12.9. The van der Waals surface area contributed by atoms with E-state index in [1.807, 2.05) is 7.05 Å². The molecule has 1 saturated heterocycles. The van der Waals surface area contributed by atoms with Crippen LogP contribution in [0.1, 0.15) is 30.1 Å². The highest BCUT2D eigenvalue weighted by Gasteiger charge is 2.92. The van der Waals surface area contributed by atoms with Crippen molar-refractivity contribution in [2.45, 2.75) is 73.6 Å². The van der Waals surface area contributed by atoms with Crippen LogP contribution in [0.3, 0.4) is 0 Å². The van der Waals surface area contributed by atoms with Gasteiger partial charge in [-0.25, -0.2) is 4.79 Å². The molecule has 0 radical (unpaired) electrons. The Labute approximate surface area is 262 Å². The standard InChI is InChI=1S/C33H45NO11/c1-16(35)45-33-21-18(13-31(39,28(43-6)26(33)37)27(21)44-29(38)17-10-8-7-9-11-17)32-20(41-4)12-19(36)30(15-40-3)14-34(2)25(32)22(33)23(42-5)24(30)32/h7-11,18-28,36-37,39H,12-15H2,1-6H3/t18-,19-,20+,21-,22?,23?,24-,25-,26+,27-,28+,30+,31-,32+,33-/m1/s1. The third kappa shape index (κ3) is 3.55. The highest BCUT2D eigenvalue weighted by molar-refractivity contribution is 5.89. The number of piperidine rings is 1. The normalized spacial score (nSPS) is 50.7. The summed E-state index contributed by atoms with van der Waals surface area (Å²) in [6, 6.07) is 8.15. The lowest BCUT2D eigenvalue weighted by Gasteiger charge is -2.70. The Morgan fingerprint density at radius 1 is 1.00 bits per heavy atom. The number of ether oxygens (including phenoxy) is 6. The lowest BCUT2D eigenvalue weighted by Crippen LogP contribution is -2.81. The summed E-state index contributed by atoms with van der Waals surface area (Å²) in [5.74, 6) is -3.66. The van der Waals surface area contributed by atoms with Crippen molar-refractivity contribution in [3.63, 3.8) is 0 Å². The van der Waals surface area contributed by atoms with Gasteiger partial charge in [-0.05, 0) is 31.5 Å². The summed E-state index contributed by atoms with van der Waals surface area (Å²) < 4.78 is 37.2. The molecule has 7 rings (SSSR count). The van der Waals surface area contributed by atoms with Gasteiger partial charge in [-0.1, -0.05) is 18.2 Å². The van der Waals surface area contributed by atoms with E-state index in [2.05, 4.69) is 4.90 Å². The zero-order valence-electron chi connectivity index (χ0n) is 26.6. The number of rotatable bonds is 8. The molecular weight excluding hydrogens is 586 g/mol. The fourth-order valence-electron chi connectivity index (χ4n) is 12.2. The number of hydrogen-bond donors (Lipinski definition) is 3. The molecule has 15 atom stereocenters. The fraction of sp³-hybridized carbons (Fsp3) is 0.758. The fourth-order valence-corrected chi connectivity index (χ4v) is 12.2. The highest BCUT2D eigenvalue weighted by Crippen LogP contribution is 2.80. The quantitative estimate of drug-likeness (QED) is 0.337. The van der Waals surface area contributed by atoms with Gasteiger partial charge in [-0.3, -0.25) is 4.79 Å². The number of methoxy groups -OCH3 is 4. The van der Waals surface area contributed by atoms with Crippen molar-refractivity contribution in [3.05, 3.63) is 35.9 Å². The number of fused-ring (bicyclic) bond motifs is 2. The first-order chi connectivity index (χ1) is 21.4. The molecule has 1 aromatic rings. The predicted octanol–water partition coefficient (Wildman–Crippen LogP) is 0.258. The minimum atomic E-state index is -1.83. The SMILES string of the molecule is COC[C@]12CN(C)[C@@H]3C4C(OC)[C@H]1[C@@]3([C@@H](OC)C[C@H]2O)[C@@H]1C[C@@]2(O)[C@H](OC(=O)c3ccccc3)[C@@H]1[C@]4(OC(C)=O)[C@@H](O)[C@@H]2OC. The second-order valence-corrected chi connectivity index (χ2v) is 14.3. The Hall–Kier alpha value is -2.16. The molecule has 5 saturated carbocycles. The van der Waals surface area contributed by atoms with Gasteiger partial charge < -0.3 is 48.6 Å². The van der Waals surface area contributed by atoms with Crippen LogP contribution in [0.25, 0.3) is 0 Å². The molecule has 248 valence electrons. The van der Waals surface area contributed by atoms with E-state index < -0.39 is 88.3 Å². The number of nitrogens with zero attached hydrogens (tertiary/aromatic N) is 1. The minimum absolute atomic E-state index is 0.0754. The van der Waals surface area contributed by atoms with Gasteiger partial charge in [0.15, 0.2) is 5.60 Å². The number of carbonyl (C=O) groups is 2. The number of esters is 2. The number of hydrogen-bond acceptors (Lipinski definition) is 12. The van der Waals surface area contributed by atoms with E-state index in [-0.39, 0.29) is 25.0 Å². The molecule has 0 aromatic heterocycles. The van der Waals surface area contributed by atoms with Gasteiger partial charge in [0, 0.05) is 83.0 Å². The molecule has 3 N–H and O–H groups in total. The van der Waals surface area contributed by atoms with E-state index in [9.17, 15) is 24.9 Å². The van der Waals surface area contributed by atoms with Crippen LogP contribution < -0.4 is 0 Å². The summed E-state index contributed by atoms with van der Waals surface area (Å²) in [5, 5.41) is 37.0. The Bertz CT molecular complexity index is 1350. The van der Waals surface area contributed by atoms with Gasteiger partial charge in [0.25, 0.3) is 0 Å². The van der Waals surface area contributed by atoms with Crippen molar-refractivity contribution in [3.8, 4) is 0 Å². The lowest BCUT2D eigenvalue weighted by molar-refractivity contribution is -0.321. The molecule has 12 heteroatoms. The second-order valence-electron chi connectivity index (χ2n) is 14.3. The summed E-state index contributed by atoms with van der Waals surface area (Å²) in [6.07, 6.45) is -5.50. The van der Waals surface area contributed by atoms with Crippen LogP contribution in [0.15, 0.2) is 30.3 Å². The molecule has 1 aromatic carbocycles.